The summed E-state index contributed by atoms with van der Waals surface area (Å²) in [5.74, 6) is 2.60. The largest absolute Gasteiger partial charge is 0.491 e. The Morgan fingerprint density at radius 3 is 2.20 bits per heavy atom. The zero-order chi connectivity index (χ0) is 31.9. The van der Waals surface area contributed by atoms with Crippen molar-refractivity contribution in [1.82, 2.24) is 0 Å². The Hall–Kier alpha value is -2.50. The molecule has 5 atom stereocenters. The number of hydrogen-bond donors (Lipinski definition) is 0. The number of carbonyl (C=O) groups excluding carboxylic acids is 1. The van der Waals surface area contributed by atoms with Crippen LogP contribution in [0, 0.1) is 24.2 Å². The molecule has 0 saturated heterocycles. The van der Waals surface area contributed by atoms with Gasteiger partial charge in [-0.3, -0.25) is 8.98 Å². The van der Waals surface area contributed by atoms with Gasteiger partial charge in [0.15, 0.2) is 0 Å². The molecule has 0 N–H and O–H groups in total. The van der Waals surface area contributed by atoms with Crippen molar-refractivity contribution in [3.63, 3.8) is 0 Å². The van der Waals surface area contributed by atoms with Gasteiger partial charge in [-0.25, -0.2) is 0 Å². The lowest BCUT2D eigenvalue weighted by Gasteiger charge is -2.50. The molecular weight excluding hydrogens is 596 g/mol. The highest BCUT2D eigenvalue weighted by molar-refractivity contribution is 7.86. The van der Waals surface area contributed by atoms with Crippen molar-refractivity contribution >= 4 is 16.1 Å². The van der Waals surface area contributed by atoms with E-state index >= 15 is 0 Å². The first kappa shape index (κ1) is 33.9. The third kappa shape index (κ3) is 8.46. The molecule has 5 unspecified atom stereocenters. The lowest BCUT2D eigenvalue weighted by Crippen LogP contribution is -2.45. The molecule has 2 fully saturated rings. The van der Waals surface area contributed by atoms with Crippen LogP contribution < -0.4 is 4.74 Å². The van der Waals surface area contributed by atoms with Crippen LogP contribution in [0.15, 0.2) is 47.4 Å². The lowest BCUT2D eigenvalue weighted by molar-refractivity contribution is -0.154. The van der Waals surface area contributed by atoms with Gasteiger partial charge in [0.1, 0.15) is 18.5 Å². The highest BCUT2D eigenvalue weighted by Crippen LogP contribution is 2.61. The minimum Gasteiger partial charge on any atom is -0.491 e. The molecule has 0 heterocycles. The van der Waals surface area contributed by atoms with E-state index in [9.17, 15) is 13.2 Å². The van der Waals surface area contributed by atoms with E-state index in [2.05, 4.69) is 25.1 Å². The Bertz CT molecular complexity index is 1380. The number of hydrogen-bond acceptors (Lipinski definition) is 9. The highest BCUT2D eigenvalue weighted by Gasteiger charge is 2.56. The summed E-state index contributed by atoms with van der Waals surface area (Å²) in [6, 6.07) is 13.1. The summed E-state index contributed by atoms with van der Waals surface area (Å²) in [6.45, 7) is 8.44. The highest BCUT2D eigenvalue weighted by atomic mass is 32.2. The second kappa shape index (κ2) is 15.4. The minimum absolute atomic E-state index is 0.0516. The summed E-state index contributed by atoms with van der Waals surface area (Å²) >= 11 is 0. The van der Waals surface area contributed by atoms with Gasteiger partial charge in [0.25, 0.3) is 10.1 Å². The molecule has 0 aromatic heterocycles. The molecule has 248 valence electrons. The molecule has 2 saturated carbocycles. The molecule has 0 spiro atoms. The molecule has 2 aromatic carbocycles. The number of aryl methyl sites for hydroxylation is 2. The first-order valence-electron chi connectivity index (χ1n) is 16.3. The van der Waals surface area contributed by atoms with Crippen LogP contribution in [0.25, 0.3) is 0 Å². The quantitative estimate of drug-likeness (QED) is 0.131. The van der Waals surface area contributed by atoms with Gasteiger partial charge < -0.3 is 23.7 Å². The zero-order valence-electron chi connectivity index (χ0n) is 26.8. The van der Waals surface area contributed by atoms with Crippen LogP contribution in [0.3, 0.4) is 0 Å². The van der Waals surface area contributed by atoms with Crippen LogP contribution in [0.5, 0.6) is 5.75 Å². The van der Waals surface area contributed by atoms with Crippen LogP contribution in [0.1, 0.15) is 68.6 Å². The summed E-state index contributed by atoms with van der Waals surface area (Å²) in [6.07, 6.45) is 6.73. The smallest absolute Gasteiger partial charge is 0.302 e. The lowest BCUT2D eigenvalue weighted by atomic mass is 9.55. The van der Waals surface area contributed by atoms with Gasteiger partial charge in [-0.05, 0) is 98.6 Å². The maximum Gasteiger partial charge on any atom is 0.302 e. The SMILES string of the molecule is CC(=O)OC1CCC2C3CCc4cc(OCCOCCOCCOCCOS(=O)(=O)c5ccc(C)cc5)ccc4C3CCC12C. The van der Waals surface area contributed by atoms with Gasteiger partial charge in [-0.1, -0.05) is 30.7 Å². The van der Waals surface area contributed by atoms with Gasteiger partial charge >= 0.3 is 5.97 Å². The second-order valence-corrected chi connectivity index (χ2v) is 14.4. The number of fused-ring (bicyclic) bond motifs is 5. The van der Waals surface area contributed by atoms with Gasteiger partial charge in [-0.2, -0.15) is 8.42 Å². The van der Waals surface area contributed by atoms with Crippen molar-refractivity contribution in [1.29, 1.82) is 0 Å². The number of benzene rings is 2. The summed E-state index contributed by atoms with van der Waals surface area (Å²) in [5.41, 5.74) is 3.98. The standard InChI is InChI=1S/C35H48O9S/c1-25-4-8-29(9-5-25)45(37,38)43-23-21-41-19-17-39-16-18-40-20-22-42-28-7-11-30-27(24-28)6-10-32-31(30)14-15-35(3)33(32)12-13-34(35)44-26(2)36/h4-5,7-9,11,24,31-34H,6,10,12-23H2,1-3H3. The van der Waals surface area contributed by atoms with Crippen LogP contribution in [0.2, 0.25) is 0 Å². The predicted molar refractivity (Wildman–Crippen MR) is 169 cm³/mol. The topological polar surface area (TPSA) is 107 Å². The number of esters is 1. The molecule has 45 heavy (non-hydrogen) atoms. The number of ether oxygens (including phenoxy) is 5. The van der Waals surface area contributed by atoms with Crippen molar-refractivity contribution in [3.8, 4) is 5.75 Å². The van der Waals surface area contributed by atoms with E-state index in [1.165, 1.54) is 36.6 Å². The first-order chi connectivity index (χ1) is 21.7. The van der Waals surface area contributed by atoms with Crippen molar-refractivity contribution in [3.05, 3.63) is 59.2 Å². The third-order valence-corrected chi connectivity index (χ3v) is 11.3. The molecule has 3 aliphatic carbocycles. The molecule has 2 aromatic rings. The molecule has 10 heteroatoms. The van der Waals surface area contributed by atoms with E-state index in [1.807, 2.05) is 6.92 Å². The normalized spacial score (nSPS) is 25.7. The first-order valence-corrected chi connectivity index (χ1v) is 17.7. The fraction of sp³-hybridized carbons (Fsp3) is 0.629. The van der Waals surface area contributed by atoms with Gasteiger partial charge in [0.05, 0.1) is 51.1 Å². The Morgan fingerprint density at radius 2 is 1.51 bits per heavy atom. The van der Waals surface area contributed by atoms with Crippen LogP contribution in [0.4, 0.5) is 0 Å². The van der Waals surface area contributed by atoms with E-state index in [0.717, 1.165) is 43.4 Å². The van der Waals surface area contributed by atoms with Crippen molar-refractivity contribution in [2.24, 2.45) is 17.3 Å². The molecular formula is C35H48O9S. The van der Waals surface area contributed by atoms with Crippen LogP contribution in [-0.2, 0) is 44.5 Å². The van der Waals surface area contributed by atoms with E-state index in [0.29, 0.717) is 57.4 Å². The summed E-state index contributed by atoms with van der Waals surface area (Å²) < 4.78 is 57.6. The minimum atomic E-state index is -3.77. The van der Waals surface area contributed by atoms with Gasteiger partial charge in [-0.15, -0.1) is 0 Å². The fourth-order valence-electron chi connectivity index (χ4n) is 7.73. The van der Waals surface area contributed by atoms with Crippen LogP contribution >= 0.6 is 0 Å². The molecule has 0 bridgehead atoms. The van der Waals surface area contributed by atoms with E-state index < -0.39 is 10.1 Å². The third-order valence-electron chi connectivity index (χ3n) is 9.94. The maximum atomic E-state index is 12.1. The Kier molecular flexibility index (Phi) is 11.6. The fourth-order valence-corrected chi connectivity index (χ4v) is 8.62. The van der Waals surface area contributed by atoms with E-state index in [1.54, 1.807) is 12.1 Å². The molecule has 0 amide bonds. The average Bonchev–Trinajstić information content (AvgIpc) is 3.34. The van der Waals surface area contributed by atoms with E-state index in [4.69, 9.17) is 27.9 Å². The monoisotopic (exact) mass is 644 g/mol. The molecule has 0 aliphatic heterocycles. The molecule has 5 rings (SSSR count). The summed E-state index contributed by atoms with van der Waals surface area (Å²) in [5, 5.41) is 0. The van der Waals surface area contributed by atoms with Gasteiger partial charge in [0, 0.05) is 12.3 Å². The maximum absolute atomic E-state index is 12.1. The summed E-state index contributed by atoms with van der Waals surface area (Å²) in [7, 11) is -3.77. The Labute approximate surface area is 268 Å². The Balaban J connectivity index is 0.919. The predicted octanol–water partition coefficient (Wildman–Crippen LogP) is 5.62. The van der Waals surface area contributed by atoms with Crippen LogP contribution in [-0.4, -0.2) is 73.3 Å². The summed E-state index contributed by atoms with van der Waals surface area (Å²) in [4.78, 5) is 11.8. The van der Waals surface area contributed by atoms with E-state index in [-0.39, 0.29) is 35.6 Å². The van der Waals surface area contributed by atoms with Crippen molar-refractivity contribution in [2.45, 2.75) is 76.2 Å². The second-order valence-electron chi connectivity index (χ2n) is 12.8. The molecule has 3 aliphatic rings. The van der Waals surface area contributed by atoms with Crippen molar-refractivity contribution < 1.29 is 41.1 Å². The van der Waals surface area contributed by atoms with Gasteiger partial charge in [0.2, 0.25) is 0 Å². The van der Waals surface area contributed by atoms with Crippen molar-refractivity contribution in [2.75, 3.05) is 52.9 Å². The molecule has 0 radical (unpaired) electrons. The Morgan fingerprint density at radius 1 is 0.844 bits per heavy atom. The number of rotatable bonds is 16. The number of carbonyl (C=O) groups is 1. The zero-order valence-corrected chi connectivity index (χ0v) is 27.6. The average molecular weight is 645 g/mol. The molecule has 9 nitrogen and oxygen atoms in total.